The van der Waals surface area contributed by atoms with Crippen molar-refractivity contribution in [2.24, 2.45) is 0 Å². The smallest absolute Gasteiger partial charge is 0.150 e. The lowest BCUT2D eigenvalue weighted by atomic mass is 10.1. The highest BCUT2D eigenvalue weighted by Gasteiger charge is 2.14. The van der Waals surface area contributed by atoms with Gasteiger partial charge in [-0.2, -0.15) is 5.26 Å². The molecule has 0 aromatic heterocycles. The summed E-state index contributed by atoms with van der Waals surface area (Å²) in [5.41, 5.74) is -0.138. The van der Waals surface area contributed by atoms with Crippen LogP contribution in [0, 0.1) is 23.0 Å². The van der Waals surface area contributed by atoms with Crippen molar-refractivity contribution in [1.29, 1.82) is 5.26 Å². The molecular weight excluding hydrogens is 238 g/mol. The zero-order valence-corrected chi connectivity index (χ0v) is 10.3. The molecule has 0 saturated heterocycles. The number of rotatable bonds is 6. The van der Waals surface area contributed by atoms with Gasteiger partial charge in [0.05, 0.1) is 11.6 Å². The maximum atomic E-state index is 13.7. The van der Waals surface area contributed by atoms with Crippen LogP contribution < -0.4 is 4.90 Å². The van der Waals surface area contributed by atoms with Gasteiger partial charge in [-0.1, -0.05) is 0 Å². The van der Waals surface area contributed by atoms with Gasteiger partial charge in [0.1, 0.15) is 5.69 Å². The van der Waals surface area contributed by atoms with Crippen LogP contribution in [-0.2, 0) is 0 Å². The molecule has 0 heterocycles. The van der Waals surface area contributed by atoms with Crippen LogP contribution in [0.5, 0.6) is 0 Å². The zero-order valence-electron chi connectivity index (χ0n) is 10.3. The first kappa shape index (κ1) is 14.4. The third kappa shape index (κ3) is 3.67. The molecule has 0 aliphatic carbocycles. The number of aliphatic hydroxyl groups is 1. The molecule has 3 nitrogen and oxygen atoms in total. The van der Waals surface area contributed by atoms with Crippen molar-refractivity contribution in [2.45, 2.75) is 19.3 Å². The van der Waals surface area contributed by atoms with Crippen molar-refractivity contribution in [3.63, 3.8) is 0 Å². The molecule has 0 aliphatic rings. The normalized spacial score (nSPS) is 10.2. The van der Waals surface area contributed by atoms with Gasteiger partial charge in [0, 0.05) is 20.2 Å². The number of hydrogen-bond acceptors (Lipinski definition) is 3. The largest absolute Gasteiger partial charge is 0.396 e. The summed E-state index contributed by atoms with van der Waals surface area (Å²) in [6.07, 6.45) is 2.24. The number of nitrogens with zero attached hydrogens (tertiary/aromatic N) is 2. The van der Waals surface area contributed by atoms with Crippen LogP contribution in [0.3, 0.4) is 0 Å². The van der Waals surface area contributed by atoms with E-state index in [0.29, 0.717) is 13.0 Å². The summed E-state index contributed by atoms with van der Waals surface area (Å²) >= 11 is 0. The Kier molecular flexibility index (Phi) is 5.53. The summed E-state index contributed by atoms with van der Waals surface area (Å²) in [5.74, 6) is -1.45. The fourth-order valence-corrected chi connectivity index (χ4v) is 1.74. The maximum Gasteiger partial charge on any atom is 0.150 e. The van der Waals surface area contributed by atoms with Gasteiger partial charge in [-0.15, -0.1) is 0 Å². The average Bonchev–Trinajstić information content (AvgIpc) is 2.33. The molecule has 18 heavy (non-hydrogen) atoms. The van der Waals surface area contributed by atoms with E-state index in [1.807, 2.05) is 0 Å². The number of anilines is 1. The van der Waals surface area contributed by atoms with E-state index >= 15 is 0 Å². The number of halogens is 2. The van der Waals surface area contributed by atoms with Gasteiger partial charge in [0.25, 0.3) is 0 Å². The highest BCUT2D eigenvalue weighted by Crippen LogP contribution is 2.24. The maximum absolute atomic E-state index is 13.7. The van der Waals surface area contributed by atoms with Crippen LogP contribution in [0.25, 0.3) is 0 Å². The lowest BCUT2D eigenvalue weighted by molar-refractivity contribution is 0.283. The third-order valence-corrected chi connectivity index (χ3v) is 2.68. The van der Waals surface area contributed by atoms with Gasteiger partial charge < -0.3 is 10.0 Å². The van der Waals surface area contributed by atoms with E-state index in [2.05, 4.69) is 0 Å². The van der Waals surface area contributed by atoms with Crippen molar-refractivity contribution in [1.82, 2.24) is 0 Å². The van der Waals surface area contributed by atoms with Crippen LogP contribution in [0.15, 0.2) is 12.1 Å². The SMILES string of the molecule is CN(CCCCCO)c1c(F)cc(C#N)cc1F. The Balaban J connectivity index is 2.74. The van der Waals surface area contributed by atoms with Crippen molar-refractivity contribution < 1.29 is 13.9 Å². The minimum Gasteiger partial charge on any atom is -0.396 e. The van der Waals surface area contributed by atoms with E-state index in [4.69, 9.17) is 10.4 Å². The number of nitriles is 1. The van der Waals surface area contributed by atoms with E-state index in [-0.39, 0.29) is 17.9 Å². The van der Waals surface area contributed by atoms with Gasteiger partial charge in [-0.05, 0) is 31.4 Å². The molecule has 0 aliphatic heterocycles. The minimum absolute atomic E-state index is 0.0255. The topological polar surface area (TPSA) is 47.3 Å². The number of hydrogen-bond donors (Lipinski definition) is 1. The van der Waals surface area contributed by atoms with E-state index in [1.165, 1.54) is 4.90 Å². The lowest BCUT2D eigenvalue weighted by Gasteiger charge is -2.20. The first-order chi connectivity index (χ1) is 8.60. The molecule has 0 radical (unpaired) electrons. The Morgan fingerprint density at radius 1 is 1.22 bits per heavy atom. The Hall–Kier alpha value is -1.67. The average molecular weight is 254 g/mol. The summed E-state index contributed by atoms with van der Waals surface area (Å²) in [6, 6.07) is 3.77. The first-order valence-electron chi connectivity index (χ1n) is 5.81. The Morgan fingerprint density at radius 3 is 2.33 bits per heavy atom. The van der Waals surface area contributed by atoms with Crippen LogP contribution in [-0.4, -0.2) is 25.3 Å². The number of aliphatic hydroxyl groups excluding tert-OH is 1. The van der Waals surface area contributed by atoms with E-state index < -0.39 is 11.6 Å². The quantitative estimate of drug-likeness (QED) is 0.793. The monoisotopic (exact) mass is 254 g/mol. The molecule has 0 spiro atoms. The zero-order chi connectivity index (χ0) is 13.5. The number of unbranched alkanes of at least 4 members (excludes halogenated alkanes) is 2. The van der Waals surface area contributed by atoms with Crippen molar-refractivity contribution in [3.05, 3.63) is 29.3 Å². The van der Waals surface area contributed by atoms with Gasteiger partial charge in [-0.3, -0.25) is 0 Å². The predicted molar refractivity (Wildman–Crippen MR) is 65.3 cm³/mol. The molecule has 0 amide bonds. The highest BCUT2D eigenvalue weighted by atomic mass is 19.1. The van der Waals surface area contributed by atoms with Crippen LogP contribution in [0.1, 0.15) is 24.8 Å². The second-order valence-electron chi connectivity index (χ2n) is 4.11. The molecule has 0 saturated carbocycles. The molecule has 1 aromatic rings. The van der Waals surface area contributed by atoms with Gasteiger partial charge in [0.2, 0.25) is 0 Å². The number of benzene rings is 1. The van der Waals surface area contributed by atoms with Gasteiger partial charge in [-0.25, -0.2) is 8.78 Å². The van der Waals surface area contributed by atoms with Crippen molar-refractivity contribution >= 4 is 5.69 Å². The molecule has 0 atom stereocenters. The van der Waals surface area contributed by atoms with Gasteiger partial charge in [0.15, 0.2) is 11.6 Å². The molecule has 1 rings (SSSR count). The Labute approximate surface area is 105 Å². The summed E-state index contributed by atoms with van der Waals surface area (Å²) in [5, 5.41) is 17.2. The molecule has 1 aromatic carbocycles. The predicted octanol–water partition coefficient (Wildman–Crippen LogP) is 2.44. The highest BCUT2D eigenvalue weighted by molar-refractivity contribution is 5.52. The van der Waals surface area contributed by atoms with Crippen LogP contribution in [0.4, 0.5) is 14.5 Å². The van der Waals surface area contributed by atoms with E-state index in [9.17, 15) is 8.78 Å². The lowest BCUT2D eigenvalue weighted by Crippen LogP contribution is -2.21. The minimum atomic E-state index is -0.726. The molecule has 0 bridgehead atoms. The summed E-state index contributed by atoms with van der Waals surface area (Å²) in [6.45, 7) is 0.628. The van der Waals surface area contributed by atoms with Crippen LogP contribution >= 0.6 is 0 Å². The standard InChI is InChI=1S/C13H16F2N2O/c1-17(5-3-2-4-6-18)13-11(14)7-10(9-16)8-12(13)15/h7-8,18H,2-6H2,1H3. The van der Waals surface area contributed by atoms with Crippen molar-refractivity contribution in [3.8, 4) is 6.07 Å². The fraction of sp³-hybridized carbons (Fsp3) is 0.462. The Bertz CT molecular complexity index is 420. The summed E-state index contributed by atoms with van der Waals surface area (Å²) < 4.78 is 27.3. The summed E-state index contributed by atoms with van der Waals surface area (Å²) in [4.78, 5) is 1.49. The second-order valence-corrected chi connectivity index (χ2v) is 4.11. The molecule has 98 valence electrons. The molecule has 5 heteroatoms. The Morgan fingerprint density at radius 2 is 1.83 bits per heavy atom. The fourth-order valence-electron chi connectivity index (χ4n) is 1.74. The molecule has 0 unspecified atom stereocenters. The first-order valence-corrected chi connectivity index (χ1v) is 5.81. The second kappa shape index (κ2) is 6.92. The van der Waals surface area contributed by atoms with E-state index in [0.717, 1.165) is 25.0 Å². The van der Waals surface area contributed by atoms with E-state index in [1.54, 1.807) is 13.1 Å². The molecular formula is C13H16F2N2O. The summed E-state index contributed by atoms with van der Waals surface area (Å²) in [7, 11) is 1.60. The third-order valence-electron chi connectivity index (χ3n) is 2.68. The van der Waals surface area contributed by atoms with Gasteiger partial charge >= 0.3 is 0 Å². The van der Waals surface area contributed by atoms with Crippen molar-refractivity contribution in [2.75, 3.05) is 25.1 Å². The van der Waals surface area contributed by atoms with Crippen LogP contribution in [0.2, 0.25) is 0 Å². The molecule has 0 fully saturated rings. The molecule has 1 N–H and O–H groups in total.